The van der Waals surface area contributed by atoms with Gasteiger partial charge in [-0.3, -0.25) is 4.79 Å². The van der Waals surface area contributed by atoms with Crippen molar-refractivity contribution in [2.45, 2.75) is 11.8 Å². The van der Waals surface area contributed by atoms with E-state index in [0.717, 1.165) is 0 Å². The first-order valence-corrected chi connectivity index (χ1v) is 4.33. The van der Waals surface area contributed by atoms with E-state index in [1.807, 2.05) is 0 Å². The Morgan fingerprint density at radius 1 is 1.58 bits per heavy atom. The van der Waals surface area contributed by atoms with E-state index >= 15 is 0 Å². The third-order valence-electron chi connectivity index (χ3n) is 1.38. The van der Waals surface area contributed by atoms with Crippen molar-refractivity contribution >= 4 is 15.9 Å². The van der Waals surface area contributed by atoms with Gasteiger partial charge >= 0.3 is 0 Å². The van der Waals surface area contributed by atoms with E-state index in [4.69, 9.17) is 0 Å². The molecule has 0 amide bonds. The van der Waals surface area contributed by atoms with E-state index in [1.54, 1.807) is 0 Å². The molecule has 5 heteroatoms. The zero-order valence-corrected chi connectivity index (χ0v) is 7.57. The smallest absolute Gasteiger partial charge is 0.269 e. The van der Waals surface area contributed by atoms with Gasteiger partial charge in [0.05, 0.1) is 5.56 Å². The fraction of sp³-hybridized carbons (Fsp3) is 0.286. The highest BCUT2D eigenvalue weighted by Gasteiger charge is 2.11. The molecule has 0 unspecified atom stereocenters. The van der Waals surface area contributed by atoms with Crippen LogP contribution in [0.5, 0.6) is 0 Å². The minimum absolute atomic E-state index is 0.448. The lowest BCUT2D eigenvalue weighted by molar-refractivity contribution is 0.149. The molecule has 0 fully saturated rings. The Kier molecular flexibility index (Phi) is 2.97. The molecule has 1 rings (SSSR count). The summed E-state index contributed by atoms with van der Waals surface area (Å²) in [7, 11) is 0. The van der Waals surface area contributed by atoms with Gasteiger partial charge in [0.1, 0.15) is 0 Å². The molecule has 2 nitrogen and oxygen atoms in total. The maximum Gasteiger partial charge on any atom is 0.269 e. The Hall–Kier alpha value is -0.710. The zero-order valence-electron chi connectivity index (χ0n) is 5.98. The maximum atomic E-state index is 12.1. The number of pyridine rings is 1. The summed E-state index contributed by atoms with van der Waals surface area (Å²) in [5.74, 6) is 0. The highest BCUT2D eigenvalue weighted by Crippen LogP contribution is 2.15. The number of aromatic nitrogens is 1. The van der Waals surface area contributed by atoms with E-state index in [2.05, 4.69) is 20.9 Å². The second-order valence-corrected chi connectivity index (χ2v) is 2.79. The van der Waals surface area contributed by atoms with Crippen LogP contribution >= 0.6 is 15.9 Å². The number of H-pyrrole nitrogens is 1. The van der Waals surface area contributed by atoms with E-state index in [0.29, 0.717) is 10.9 Å². The molecule has 1 aromatic rings. The fourth-order valence-electron chi connectivity index (χ4n) is 0.788. The minimum atomic E-state index is -2.72. The Balaban J connectivity index is 3.17. The van der Waals surface area contributed by atoms with E-state index in [-0.39, 0.29) is 0 Å². The summed E-state index contributed by atoms with van der Waals surface area (Å²) >= 11 is 3.10. The molecule has 66 valence electrons. The lowest BCUT2D eigenvalue weighted by Gasteiger charge is -1.99. The van der Waals surface area contributed by atoms with Crippen LogP contribution in [-0.4, -0.2) is 4.98 Å². The number of alkyl halides is 3. The zero-order chi connectivity index (χ0) is 9.14. The summed E-state index contributed by atoms with van der Waals surface area (Å²) in [6.45, 7) is 0. The van der Waals surface area contributed by atoms with Gasteiger partial charge in [-0.25, -0.2) is 8.78 Å². The maximum absolute atomic E-state index is 12.1. The Morgan fingerprint density at radius 2 is 2.25 bits per heavy atom. The lowest BCUT2D eigenvalue weighted by Crippen LogP contribution is -2.12. The first kappa shape index (κ1) is 9.38. The number of rotatable bonds is 2. The van der Waals surface area contributed by atoms with Gasteiger partial charge in [-0.1, -0.05) is 15.9 Å². The third-order valence-corrected chi connectivity index (χ3v) is 2.03. The first-order chi connectivity index (χ1) is 5.65. The molecule has 0 saturated heterocycles. The van der Waals surface area contributed by atoms with Gasteiger partial charge in [0.25, 0.3) is 12.0 Å². The molecule has 0 saturated carbocycles. The topological polar surface area (TPSA) is 32.9 Å². The quantitative estimate of drug-likeness (QED) is 0.787. The SMILES string of the molecule is O=c1[nH]cc(CBr)cc1C(F)F. The van der Waals surface area contributed by atoms with Crippen molar-refractivity contribution in [3.05, 3.63) is 33.7 Å². The fourth-order valence-corrected chi connectivity index (χ4v) is 1.11. The molecule has 0 aliphatic carbocycles. The normalized spacial score (nSPS) is 10.7. The van der Waals surface area contributed by atoms with Crippen LogP contribution in [0.25, 0.3) is 0 Å². The number of nitrogens with one attached hydrogen (secondary N) is 1. The number of aromatic amines is 1. The standard InChI is InChI=1S/C7H6BrF2NO/c8-2-4-1-5(6(9)10)7(12)11-3-4/h1,3,6H,2H2,(H,11,12). The molecule has 1 N–H and O–H groups in total. The Bertz CT molecular complexity index is 323. The third kappa shape index (κ3) is 1.91. The van der Waals surface area contributed by atoms with E-state index in [1.165, 1.54) is 12.3 Å². The Labute approximate surface area is 75.7 Å². The number of hydrogen-bond donors (Lipinski definition) is 1. The molecule has 1 heterocycles. The Morgan fingerprint density at radius 3 is 2.75 bits per heavy atom. The van der Waals surface area contributed by atoms with Gasteiger partial charge in [-0.2, -0.15) is 0 Å². The van der Waals surface area contributed by atoms with Gasteiger partial charge in [-0.15, -0.1) is 0 Å². The van der Waals surface area contributed by atoms with Crippen LogP contribution in [0.2, 0.25) is 0 Å². The predicted octanol–water partition coefficient (Wildman–Crippen LogP) is 2.21. The van der Waals surface area contributed by atoms with Gasteiger partial charge in [0.15, 0.2) is 0 Å². The molecule has 0 bridgehead atoms. The summed E-state index contributed by atoms with van der Waals surface area (Å²) in [6.07, 6.45) is -1.31. The minimum Gasteiger partial charge on any atom is -0.328 e. The molecule has 0 spiro atoms. The van der Waals surface area contributed by atoms with Crippen LogP contribution in [0.4, 0.5) is 8.78 Å². The molecule has 0 radical (unpaired) electrons. The van der Waals surface area contributed by atoms with Crippen molar-refractivity contribution < 1.29 is 8.78 Å². The monoisotopic (exact) mass is 237 g/mol. The highest BCUT2D eigenvalue weighted by atomic mass is 79.9. The largest absolute Gasteiger partial charge is 0.328 e. The molecule has 0 aliphatic rings. The summed E-state index contributed by atoms with van der Waals surface area (Å²) < 4.78 is 24.2. The van der Waals surface area contributed by atoms with Crippen molar-refractivity contribution in [3.63, 3.8) is 0 Å². The van der Waals surface area contributed by atoms with Gasteiger partial charge in [0, 0.05) is 11.5 Å². The summed E-state index contributed by atoms with van der Waals surface area (Å²) in [4.78, 5) is 13.0. The van der Waals surface area contributed by atoms with E-state index in [9.17, 15) is 13.6 Å². The second-order valence-electron chi connectivity index (χ2n) is 2.23. The van der Waals surface area contributed by atoms with Crippen LogP contribution in [0, 0.1) is 0 Å². The van der Waals surface area contributed by atoms with Crippen LogP contribution in [-0.2, 0) is 5.33 Å². The number of hydrogen-bond acceptors (Lipinski definition) is 1. The van der Waals surface area contributed by atoms with Crippen molar-refractivity contribution in [3.8, 4) is 0 Å². The number of halogens is 3. The average Bonchev–Trinajstić information content (AvgIpc) is 2.05. The van der Waals surface area contributed by atoms with Crippen LogP contribution in [0.15, 0.2) is 17.1 Å². The lowest BCUT2D eigenvalue weighted by atomic mass is 10.2. The summed E-state index contributed by atoms with van der Waals surface area (Å²) in [5.41, 5.74) is -0.577. The summed E-state index contributed by atoms with van der Waals surface area (Å²) in [5, 5.41) is 0.448. The van der Waals surface area contributed by atoms with Crippen molar-refractivity contribution in [1.29, 1.82) is 0 Å². The van der Waals surface area contributed by atoms with Gasteiger partial charge in [-0.05, 0) is 11.6 Å². The highest BCUT2D eigenvalue weighted by molar-refractivity contribution is 9.08. The van der Waals surface area contributed by atoms with E-state index < -0.39 is 17.5 Å². The summed E-state index contributed by atoms with van der Waals surface area (Å²) in [6, 6.07) is 1.19. The van der Waals surface area contributed by atoms with Crippen LogP contribution < -0.4 is 5.56 Å². The molecule has 0 aliphatic heterocycles. The van der Waals surface area contributed by atoms with Gasteiger partial charge < -0.3 is 4.98 Å². The average molecular weight is 238 g/mol. The van der Waals surface area contributed by atoms with Crippen molar-refractivity contribution in [2.75, 3.05) is 0 Å². The molecular weight excluding hydrogens is 232 g/mol. The van der Waals surface area contributed by atoms with Crippen molar-refractivity contribution in [1.82, 2.24) is 4.98 Å². The van der Waals surface area contributed by atoms with Gasteiger partial charge in [0.2, 0.25) is 0 Å². The molecule has 1 aromatic heterocycles. The molecular formula is C7H6BrF2NO. The van der Waals surface area contributed by atoms with Crippen LogP contribution in [0.3, 0.4) is 0 Å². The first-order valence-electron chi connectivity index (χ1n) is 3.20. The molecule has 12 heavy (non-hydrogen) atoms. The predicted molar refractivity (Wildman–Crippen MR) is 44.7 cm³/mol. The molecule has 0 atom stereocenters. The second kappa shape index (κ2) is 3.80. The van der Waals surface area contributed by atoms with Crippen LogP contribution in [0.1, 0.15) is 17.6 Å². The van der Waals surface area contributed by atoms with Crippen molar-refractivity contribution in [2.24, 2.45) is 0 Å². The molecule has 0 aromatic carbocycles.